The monoisotopic (exact) mass is 435 g/mol. The number of methoxy groups -OCH3 is 1. The zero-order valence-corrected chi connectivity index (χ0v) is 17.7. The van der Waals surface area contributed by atoms with Crippen LogP contribution in [0.15, 0.2) is 42.7 Å². The summed E-state index contributed by atoms with van der Waals surface area (Å²) in [5.41, 5.74) is 3.40. The second-order valence-electron chi connectivity index (χ2n) is 7.13. The van der Waals surface area contributed by atoms with Gasteiger partial charge in [-0.15, -0.1) is 10.2 Å². The average molecular weight is 436 g/mol. The summed E-state index contributed by atoms with van der Waals surface area (Å²) in [6.07, 6.45) is 3.41. The first-order valence-electron chi connectivity index (χ1n) is 9.93. The molecule has 3 N–H and O–H groups in total. The molecular formula is C21H21N7O2S. The Bertz CT molecular complexity index is 1230. The van der Waals surface area contributed by atoms with Gasteiger partial charge in [-0.05, 0) is 30.3 Å². The molecule has 1 amide bonds. The van der Waals surface area contributed by atoms with E-state index >= 15 is 0 Å². The fourth-order valence-corrected chi connectivity index (χ4v) is 4.33. The van der Waals surface area contributed by atoms with E-state index in [1.807, 2.05) is 30.3 Å². The Hall–Kier alpha value is -3.50. The fourth-order valence-electron chi connectivity index (χ4n) is 3.62. The first kappa shape index (κ1) is 19.5. The van der Waals surface area contributed by atoms with Crippen LogP contribution in [-0.4, -0.2) is 59.4 Å². The average Bonchev–Trinajstić information content (AvgIpc) is 3.47. The summed E-state index contributed by atoms with van der Waals surface area (Å²) in [5, 5.41) is 16.5. The van der Waals surface area contributed by atoms with Crippen molar-refractivity contribution in [2.75, 3.05) is 43.5 Å². The van der Waals surface area contributed by atoms with Crippen molar-refractivity contribution in [1.29, 1.82) is 0 Å². The fraction of sp³-hybridized carbons (Fsp3) is 0.238. The molecule has 31 heavy (non-hydrogen) atoms. The summed E-state index contributed by atoms with van der Waals surface area (Å²) in [6.45, 7) is 3.57. The Balaban J connectivity index is 1.36. The van der Waals surface area contributed by atoms with E-state index in [1.165, 1.54) is 11.3 Å². The van der Waals surface area contributed by atoms with Crippen LogP contribution in [0.25, 0.3) is 21.6 Å². The molecule has 1 aliphatic rings. The van der Waals surface area contributed by atoms with Crippen LogP contribution in [-0.2, 0) is 0 Å². The van der Waals surface area contributed by atoms with Gasteiger partial charge in [-0.3, -0.25) is 9.78 Å². The predicted octanol–water partition coefficient (Wildman–Crippen LogP) is 2.75. The van der Waals surface area contributed by atoms with Gasteiger partial charge < -0.3 is 25.3 Å². The number of aromatic amines is 1. The lowest BCUT2D eigenvalue weighted by Crippen LogP contribution is -2.43. The van der Waals surface area contributed by atoms with Gasteiger partial charge in [0.25, 0.3) is 5.91 Å². The lowest BCUT2D eigenvalue weighted by Gasteiger charge is -2.30. The molecule has 1 saturated heterocycles. The number of nitrogens with zero attached hydrogens (tertiary/aromatic N) is 4. The maximum Gasteiger partial charge on any atom is 0.286 e. The summed E-state index contributed by atoms with van der Waals surface area (Å²) in [4.78, 5) is 22.6. The number of hydrogen-bond donors (Lipinski definition) is 3. The van der Waals surface area contributed by atoms with Crippen molar-refractivity contribution in [2.24, 2.45) is 0 Å². The number of nitrogens with one attached hydrogen (secondary N) is 3. The van der Waals surface area contributed by atoms with Crippen molar-refractivity contribution in [3.05, 3.63) is 47.7 Å². The molecule has 158 valence electrons. The largest absolute Gasteiger partial charge is 0.497 e. The third-order valence-corrected chi connectivity index (χ3v) is 6.14. The molecule has 9 nitrogen and oxygen atoms in total. The third-order valence-electron chi connectivity index (χ3n) is 5.18. The maximum atomic E-state index is 12.9. The molecule has 0 unspecified atom stereocenters. The number of piperazine rings is 1. The Morgan fingerprint density at radius 3 is 2.90 bits per heavy atom. The van der Waals surface area contributed by atoms with Crippen molar-refractivity contribution in [3.63, 3.8) is 0 Å². The first-order chi connectivity index (χ1) is 15.2. The van der Waals surface area contributed by atoms with E-state index in [0.717, 1.165) is 54.2 Å². The van der Waals surface area contributed by atoms with Crippen LogP contribution in [0.1, 0.15) is 9.80 Å². The van der Waals surface area contributed by atoms with Crippen molar-refractivity contribution in [2.45, 2.75) is 0 Å². The van der Waals surface area contributed by atoms with E-state index in [4.69, 9.17) is 4.74 Å². The van der Waals surface area contributed by atoms with Gasteiger partial charge >= 0.3 is 0 Å². The zero-order chi connectivity index (χ0) is 21.2. The zero-order valence-electron chi connectivity index (χ0n) is 16.9. The number of rotatable bonds is 5. The summed E-state index contributed by atoms with van der Waals surface area (Å²) >= 11 is 1.24. The highest BCUT2D eigenvalue weighted by atomic mass is 32.1. The Morgan fingerprint density at radius 1 is 1.19 bits per heavy atom. The van der Waals surface area contributed by atoms with Gasteiger partial charge in [0.15, 0.2) is 5.01 Å². The van der Waals surface area contributed by atoms with Crippen LogP contribution in [0.2, 0.25) is 0 Å². The highest BCUT2D eigenvalue weighted by Crippen LogP contribution is 2.30. The van der Waals surface area contributed by atoms with Gasteiger partial charge in [-0.1, -0.05) is 11.3 Å². The van der Waals surface area contributed by atoms with Crippen LogP contribution in [0.4, 0.5) is 11.4 Å². The number of fused-ring (bicyclic) bond motifs is 1. The smallest absolute Gasteiger partial charge is 0.286 e. The number of carbonyl (C=O) groups is 1. The van der Waals surface area contributed by atoms with Crippen molar-refractivity contribution >= 4 is 39.5 Å². The van der Waals surface area contributed by atoms with Gasteiger partial charge in [0.2, 0.25) is 5.01 Å². The van der Waals surface area contributed by atoms with E-state index in [9.17, 15) is 4.79 Å². The standard InChI is InChI=1S/C21H21N7O2S/c1-30-14-2-3-15-13(10-14)11-16(24-15)20-26-27-21(31-20)19(29)25-17-12-23-5-4-18(17)28-8-6-22-7-9-28/h2-5,10-12,22,24H,6-9H2,1H3,(H,25,29). The Kier molecular flexibility index (Phi) is 5.23. The van der Waals surface area contributed by atoms with Gasteiger partial charge in [-0.2, -0.15) is 0 Å². The van der Waals surface area contributed by atoms with E-state index in [2.05, 4.69) is 35.7 Å². The number of H-pyrrole nitrogens is 1. The lowest BCUT2D eigenvalue weighted by molar-refractivity contribution is 0.102. The van der Waals surface area contributed by atoms with E-state index in [-0.39, 0.29) is 5.91 Å². The summed E-state index contributed by atoms with van der Waals surface area (Å²) < 4.78 is 5.28. The Morgan fingerprint density at radius 2 is 2.06 bits per heavy atom. The molecule has 0 bridgehead atoms. The van der Waals surface area contributed by atoms with Crippen LogP contribution in [0, 0.1) is 0 Å². The van der Waals surface area contributed by atoms with Crippen molar-refractivity contribution < 1.29 is 9.53 Å². The quantitative estimate of drug-likeness (QED) is 0.442. The number of hydrogen-bond acceptors (Lipinski definition) is 8. The summed E-state index contributed by atoms with van der Waals surface area (Å²) in [7, 11) is 1.64. The van der Waals surface area contributed by atoms with Gasteiger partial charge in [-0.25, -0.2) is 0 Å². The molecule has 5 rings (SSSR count). The van der Waals surface area contributed by atoms with Crippen LogP contribution in [0.3, 0.4) is 0 Å². The second-order valence-corrected chi connectivity index (χ2v) is 8.11. The summed E-state index contributed by atoms with van der Waals surface area (Å²) in [6, 6.07) is 9.69. The summed E-state index contributed by atoms with van der Waals surface area (Å²) in [5.74, 6) is 0.484. The number of carbonyl (C=O) groups excluding carboxylic acids is 1. The van der Waals surface area contributed by atoms with E-state index < -0.39 is 0 Å². The molecule has 3 aromatic heterocycles. The second kappa shape index (κ2) is 8.32. The molecule has 1 fully saturated rings. The van der Waals surface area contributed by atoms with Crippen LogP contribution in [0.5, 0.6) is 5.75 Å². The van der Waals surface area contributed by atoms with Crippen LogP contribution >= 0.6 is 11.3 Å². The van der Waals surface area contributed by atoms with Crippen molar-refractivity contribution in [1.82, 2.24) is 25.5 Å². The molecule has 10 heteroatoms. The molecule has 4 heterocycles. The van der Waals surface area contributed by atoms with Crippen LogP contribution < -0.4 is 20.3 Å². The predicted molar refractivity (Wildman–Crippen MR) is 121 cm³/mol. The molecule has 0 atom stereocenters. The number of pyridine rings is 1. The van der Waals surface area contributed by atoms with E-state index in [0.29, 0.717) is 15.7 Å². The first-order valence-corrected chi connectivity index (χ1v) is 10.7. The van der Waals surface area contributed by atoms with Gasteiger partial charge in [0, 0.05) is 43.3 Å². The number of anilines is 2. The molecule has 1 aliphatic heterocycles. The topological polar surface area (TPSA) is 108 Å². The Labute approximate surface area is 182 Å². The minimum absolute atomic E-state index is 0.293. The SMILES string of the molecule is COc1ccc2[nH]c(-c3nnc(C(=O)Nc4cnccc4N4CCNCC4)s3)cc2c1. The molecule has 0 saturated carbocycles. The number of aromatic nitrogens is 4. The molecule has 1 aromatic carbocycles. The highest BCUT2D eigenvalue weighted by Gasteiger charge is 2.19. The maximum absolute atomic E-state index is 12.9. The molecule has 0 spiro atoms. The number of amides is 1. The number of ether oxygens (including phenoxy) is 1. The lowest BCUT2D eigenvalue weighted by atomic mass is 10.2. The molecular weight excluding hydrogens is 414 g/mol. The van der Waals surface area contributed by atoms with E-state index in [1.54, 1.807) is 19.5 Å². The minimum Gasteiger partial charge on any atom is -0.497 e. The van der Waals surface area contributed by atoms with Gasteiger partial charge in [0.05, 0.1) is 30.4 Å². The number of benzene rings is 1. The minimum atomic E-state index is -0.300. The molecule has 0 radical (unpaired) electrons. The molecule has 4 aromatic rings. The molecule has 0 aliphatic carbocycles. The van der Waals surface area contributed by atoms with Crippen molar-refractivity contribution in [3.8, 4) is 16.5 Å². The highest BCUT2D eigenvalue weighted by molar-refractivity contribution is 7.16. The third kappa shape index (κ3) is 3.94. The normalized spacial score (nSPS) is 14.0. The van der Waals surface area contributed by atoms with Gasteiger partial charge in [0.1, 0.15) is 5.75 Å².